The van der Waals surface area contributed by atoms with Crippen molar-refractivity contribution in [2.45, 2.75) is 24.5 Å². The van der Waals surface area contributed by atoms with Crippen molar-refractivity contribution in [2.75, 3.05) is 7.05 Å². The molecule has 0 saturated heterocycles. The molecular weight excluding hydrogens is 329 g/mol. The fourth-order valence-electron chi connectivity index (χ4n) is 2.11. The molecule has 2 rings (SSSR count). The lowest BCUT2D eigenvalue weighted by molar-refractivity contribution is -0.137. The van der Waals surface area contributed by atoms with Gasteiger partial charge >= 0.3 is 6.18 Å². The number of aryl methyl sites for hydroxylation is 1. The van der Waals surface area contributed by atoms with Gasteiger partial charge in [-0.1, -0.05) is 0 Å². The zero-order valence-corrected chi connectivity index (χ0v) is 13.3. The monoisotopic (exact) mass is 344 g/mol. The zero-order chi connectivity index (χ0) is 17.3. The van der Waals surface area contributed by atoms with E-state index < -0.39 is 21.8 Å². The SMILES string of the molecule is Cc1cc(C(F)(F)F)ccc1S(=O)(=O)N(C)Cc1ccncc1. The summed E-state index contributed by atoms with van der Waals surface area (Å²) in [5.41, 5.74) is -0.0808. The normalized spacial score (nSPS) is 12.6. The van der Waals surface area contributed by atoms with Crippen molar-refractivity contribution in [1.29, 1.82) is 0 Å². The van der Waals surface area contributed by atoms with E-state index in [0.717, 1.165) is 28.1 Å². The lowest BCUT2D eigenvalue weighted by Gasteiger charge is -2.19. The number of halogens is 3. The van der Waals surface area contributed by atoms with E-state index in [1.165, 1.54) is 14.0 Å². The molecule has 0 atom stereocenters. The molecule has 0 radical (unpaired) electrons. The van der Waals surface area contributed by atoms with Crippen molar-refractivity contribution < 1.29 is 21.6 Å². The van der Waals surface area contributed by atoms with E-state index >= 15 is 0 Å². The van der Waals surface area contributed by atoms with Crippen LogP contribution in [-0.2, 0) is 22.7 Å². The second-order valence-electron chi connectivity index (χ2n) is 5.09. The molecule has 0 fully saturated rings. The van der Waals surface area contributed by atoms with Gasteiger partial charge in [-0.3, -0.25) is 4.98 Å². The van der Waals surface area contributed by atoms with Crippen LogP contribution in [0.3, 0.4) is 0 Å². The summed E-state index contributed by atoms with van der Waals surface area (Å²) in [5.74, 6) is 0. The first kappa shape index (κ1) is 17.4. The molecule has 0 amide bonds. The Balaban J connectivity index is 2.32. The van der Waals surface area contributed by atoms with Gasteiger partial charge in [0.1, 0.15) is 0 Å². The molecule has 0 aliphatic carbocycles. The molecule has 1 aromatic heterocycles. The molecule has 0 bridgehead atoms. The molecule has 0 saturated carbocycles. The van der Waals surface area contributed by atoms with Gasteiger partial charge < -0.3 is 0 Å². The highest BCUT2D eigenvalue weighted by Crippen LogP contribution is 2.32. The third kappa shape index (κ3) is 3.89. The van der Waals surface area contributed by atoms with Crippen molar-refractivity contribution in [3.8, 4) is 0 Å². The quantitative estimate of drug-likeness (QED) is 0.856. The summed E-state index contributed by atoms with van der Waals surface area (Å²) in [6.07, 6.45) is -1.42. The smallest absolute Gasteiger partial charge is 0.265 e. The third-order valence-electron chi connectivity index (χ3n) is 3.35. The standard InChI is InChI=1S/C15H15F3N2O2S/c1-11-9-13(15(16,17)18)3-4-14(11)23(21,22)20(2)10-12-5-7-19-8-6-12/h3-9H,10H2,1-2H3. The molecule has 1 aromatic carbocycles. The molecule has 0 unspecified atom stereocenters. The van der Waals surface area contributed by atoms with Crippen LogP contribution in [-0.4, -0.2) is 24.8 Å². The predicted octanol–water partition coefficient (Wildman–Crippen LogP) is 3.23. The summed E-state index contributed by atoms with van der Waals surface area (Å²) in [6.45, 7) is 1.45. The van der Waals surface area contributed by atoms with Gasteiger partial charge in [-0.15, -0.1) is 0 Å². The topological polar surface area (TPSA) is 50.3 Å². The van der Waals surface area contributed by atoms with Crippen molar-refractivity contribution in [2.24, 2.45) is 0 Å². The maximum atomic E-state index is 12.7. The fraction of sp³-hybridized carbons (Fsp3) is 0.267. The largest absolute Gasteiger partial charge is 0.416 e. The van der Waals surface area contributed by atoms with Crippen LogP contribution >= 0.6 is 0 Å². The Kier molecular flexibility index (Phi) is 4.76. The lowest BCUT2D eigenvalue weighted by atomic mass is 10.1. The van der Waals surface area contributed by atoms with E-state index in [1.54, 1.807) is 24.5 Å². The van der Waals surface area contributed by atoms with Gasteiger partial charge in [-0.2, -0.15) is 17.5 Å². The van der Waals surface area contributed by atoms with Crippen LogP contribution in [0.15, 0.2) is 47.6 Å². The Hall–Kier alpha value is -1.93. The van der Waals surface area contributed by atoms with E-state index in [-0.39, 0.29) is 17.0 Å². The molecular formula is C15H15F3N2O2S. The second-order valence-corrected chi connectivity index (χ2v) is 7.11. The Morgan fingerprint density at radius 3 is 2.26 bits per heavy atom. The maximum Gasteiger partial charge on any atom is 0.416 e. The summed E-state index contributed by atoms with van der Waals surface area (Å²) < 4.78 is 64.2. The number of rotatable bonds is 4. The van der Waals surface area contributed by atoms with Gasteiger partial charge in [0.05, 0.1) is 10.5 Å². The van der Waals surface area contributed by atoms with Crippen LogP contribution in [0.25, 0.3) is 0 Å². The van der Waals surface area contributed by atoms with Crippen molar-refractivity contribution in [3.63, 3.8) is 0 Å². The molecule has 0 N–H and O–H groups in total. The minimum atomic E-state index is -4.50. The average Bonchev–Trinajstić information content (AvgIpc) is 2.47. The van der Waals surface area contributed by atoms with Gasteiger partial charge in [0.25, 0.3) is 0 Å². The first-order valence-electron chi connectivity index (χ1n) is 6.65. The highest BCUT2D eigenvalue weighted by Gasteiger charge is 2.32. The first-order valence-corrected chi connectivity index (χ1v) is 8.09. The van der Waals surface area contributed by atoms with Crippen LogP contribution in [0.2, 0.25) is 0 Å². The Bertz CT molecular complexity index is 790. The molecule has 4 nitrogen and oxygen atoms in total. The van der Waals surface area contributed by atoms with Gasteiger partial charge in [-0.05, 0) is 48.4 Å². The van der Waals surface area contributed by atoms with Gasteiger partial charge in [0.2, 0.25) is 10.0 Å². The summed E-state index contributed by atoms with van der Waals surface area (Å²) in [6, 6.07) is 5.96. The van der Waals surface area contributed by atoms with Crippen LogP contribution in [0, 0.1) is 6.92 Å². The van der Waals surface area contributed by atoms with E-state index in [1.807, 2.05) is 0 Å². The Labute approximate surface area is 132 Å². The maximum absolute atomic E-state index is 12.7. The first-order chi connectivity index (χ1) is 10.6. The summed E-state index contributed by atoms with van der Waals surface area (Å²) in [4.78, 5) is 3.71. The average molecular weight is 344 g/mol. The summed E-state index contributed by atoms with van der Waals surface area (Å²) in [7, 11) is -2.50. The highest BCUT2D eigenvalue weighted by molar-refractivity contribution is 7.89. The molecule has 124 valence electrons. The number of nitrogens with zero attached hydrogens (tertiary/aromatic N) is 2. The Morgan fingerprint density at radius 1 is 1.13 bits per heavy atom. The molecule has 1 heterocycles. The number of benzene rings is 1. The number of hydrogen-bond acceptors (Lipinski definition) is 3. The number of alkyl halides is 3. The molecule has 2 aromatic rings. The number of sulfonamides is 1. The van der Waals surface area contributed by atoms with Gasteiger partial charge in [-0.25, -0.2) is 8.42 Å². The minimum Gasteiger partial charge on any atom is -0.265 e. The van der Waals surface area contributed by atoms with Crippen LogP contribution < -0.4 is 0 Å². The van der Waals surface area contributed by atoms with Crippen LogP contribution in [0.5, 0.6) is 0 Å². The fourth-order valence-corrected chi connectivity index (χ4v) is 3.47. The van der Waals surface area contributed by atoms with E-state index in [2.05, 4.69) is 4.98 Å². The van der Waals surface area contributed by atoms with Crippen LogP contribution in [0.1, 0.15) is 16.7 Å². The second kappa shape index (κ2) is 6.29. The molecule has 0 aliphatic rings. The molecule has 8 heteroatoms. The predicted molar refractivity (Wildman–Crippen MR) is 79.1 cm³/mol. The van der Waals surface area contributed by atoms with Crippen molar-refractivity contribution in [1.82, 2.24) is 9.29 Å². The van der Waals surface area contributed by atoms with Crippen molar-refractivity contribution >= 4 is 10.0 Å². The van der Waals surface area contributed by atoms with E-state index in [9.17, 15) is 21.6 Å². The molecule has 0 aliphatic heterocycles. The number of pyridine rings is 1. The minimum absolute atomic E-state index is 0.0569. The van der Waals surface area contributed by atoms with Crippen molar-refractivity contribution in [3.05, 3.63) is 59.4 Å². The van der Waals surface area contributed by atoms with Gasteiger partial charge in [0.15, 0.2) is 0 Å². The lowest BCUT2D eigenvalue weighted by Crippen LogP contribution is -2.27. The zero-order valence-electron chi connectivity index (χ0n) is 12.5. The number of hydrogen-bond donors (Lipinski definition) is 0. The summed E-state index contributed by atoms with van der Waals surface area (Å²) >= 11 is 0. The van der Waals surface area contributed by atoms with E-state index in [0.29, 0.717) is 0 Å². The summed E-state index contributed by atoms with van der Waals surface area (Å²) in [5, 5.41) is 0. The highest BCUT2D eigenvalue weighted by atomic mass is 32.2. The third-order valence-corrected chi connectivity index (χ3v) is 5.31. The van der Waals surface area contributed by atoms with Crippen LogP contribution in [0.4, 0.5) is 13.2 Å². The van der Waals surface area contributed by atoms with E-state index in [4.69, 9.17) is 0 Å². The Morgan fingerprint density at radius 2 is 1.74 bits per heavy atom. The number of aromatic nitrogens is 1. The molecule has 23 heavy (non-hydrogen) atoms. The van der Waals surface area contributed by atoms with Gasteiger partial charge in [0, 0.05) is 26.0 Å². The molecule has 0 spiro atoms.